The van der Waals surface area contributed by atoms with E-state index in [2.05, 4.69) is 21.2 Å². The van der Waals surface area contributed by atoms with Crippen LogP contribution >= 0.6 is 15.9 Å². The van der Waals surface area contributed by atoms with E-state index in [1.54, 1.807) is 7.11 Å². The molecule has 0 aliphatic rings. The van der Waals surface area contributed by atoms with Crippen LogP contribution in [-0.4, -0.2) is 26.2 Å². The number of rotatable bonds is 5. The smallest absolute Gasteiger partial charge is 0.224 e. The summed E-state index contributed by atoms with van der Waals surface area (Å²) in [6, 6.07) is 5.93. The van der Waals surface area contributed by atoms with E-state index >= 15 is 0 Å². The van der Waals surface area contributed by atoms with Crippen molar-refractivity contribution in [1.29, 1.82) is 0 Å². The maximum atomic E-state index is 11.5. The zero-order chi connectivity index (χ0) is 12.0. The summed E-state index contributed by atoms with van der Waals surface area (Å²) >= 11 is 3.43. The van der Waals surface area contributed by atoms with E-state index in [0.717, 1.165) is 15.6 Å². The van der Waals surface area contributed by atoms with Gasteiger partial charge in [-0.1, -0.05) is 28.1 Å². The van der Waals surface area contributed by atoms with Crippen molar-refractivity contribution in [3.8, 4) is 0 Å². The first-order valence-corrected chi connectivity index (χ1v) is 5.93. The lowest BCUT2D eigenvalue weighted by Gasteiger charge is -2.06. The Kier molecular flexibility index (Phi) is 5.49. The minimum Gasteiger partial charge on any atom is -0.383 e. The van der Waals surface area contributed by atoms with Gasteiger partial charge in [-0.3, -0.25) is 4.79 Å². The number of hydrogen-bond donors (Lipinski definition) is 1. The van der Waals surface area contributed by atoms with Crippen molar-refractivity contribution in [2.45, 2.75) is 13.3 Å². The van der Waals surface area contributed by atoms with Gasteiger partial charge in [0.2, 0.25) is 5.91 Å². The lowest BCUT2D eigenvalue weighted by atomic mass is 10.1. The molecule has 1 rings (SSSR count). The van der Waals surface area contributed by atoms with Gasteiger partial charge in [0.05, 0.1) is 13.0 Å². The number of hydrogen-bond acceptors (Lipinski definition) is 2. The molecule has 0 bridgehead atoms. The molecule has 1 amide bonds. The van der Waals surface area contributed by atoms with E-state index in [1.807, 2.05) is 25.1 Å². The van der Waals surface area contributed by atoms with Crippen molar-refractivity contribution in [3.05, 3.63) is 33.8 Å². The summed E-state index contributed by atoms with van der Waals surface area (Å²) in [5.74, 6) is 0.0266. The van der Waals surface area contributed by atoms with Crippen LogP contribution in [0.2, 0.25) is 0 Å². The number of aryl methyl sites for hydroxylation is 1. The molecule has 0 heterocycles. The molecule has 16 heavy (non-hydrogen) atoms. The van der Waals surface area contributed by atoms with E-state index in [0.29, 0.717) is 19.6 Å². The number of carbonyl (C=O) groups excluding carboxylic acids is 1. The first-order valence-electron chi connectivity index (χ1n) is 5.14. The van der Waals surface area contributed by atoms with Gasteiger partial charge in [-0.15, -0.1) is 0 Å². The molecular formula is C12H16BrNO2. The fourth-order valence-corrected chi connectivity index (χ4v) is 1.60. The zero-order valence-corrected chi connectivity index (χ0v) is 11.1. The number of ether oxygens (including phenoxy) is 1. The highest BCUT2D eigenvalue weighted by molar-refractivity contribution is 9.10. The molecule has 0 unspecified atom stereocenters. The number of nitrogens with one attached hydrogen (secondary N) is 1. The summed E-state index contributed by atoms with van der Waals surface area (Å²) in [6.45, 7) is 3.12. The summed E-state index contributed by atoms with van der Waals surface area (Å²) in [5.41, 5.74) is 2.16. The Morgan fingerprint density at radius 1 is 1.50 bits per heavy atom. The van der Waals surface area contributed by atoms with Crippen LogP contribution in [0.5, 0.6) is 0 Å². The Morgan fingerprint density at radius 3 is 2.88 bits per heavy atom. The number of methoxy groups -OCH3 is 1. The van der Waals surface area contributed by atoms with Crippen molar-refractivity contribution in [1.82, 2.24) is 5.32 Å². The van der Waals surface area contributed by atoms with Crippen LogP contribution in [-0.2, 0) is 16.0 Å². The van der Waals surface area contributed by atoms with Crippen molar-refractivity contribution >= 4 is 21.8 Å². The highest BCUT2D eigenvalue weighted by Gasteiger charge is 2.03. The highest BCUT2D eigenvalue weighted by atomic mass is 79.9. The second-order valence-corrected chi connectivity index (χ2v) is 4.46. The Hall–Kier alpha value is -0.870. The first-order chi connectivity index (χ1) is 7.63. The Labute approximate surface area is 104 Å². The van der Waals surface area contributed by atoms with Crippen LogP contribution < -0.4 is 5.32 Å². The van der Waals surface area contributed by atoms with Gasteiger partial charge in [0, 0.05) is 18.1 Å². The second-order valence-electron chi connectivity index (χ2n) is 3.60. The third-order valence-corrected chi connectivity index (χ3v) is 3.11. The normalized spacial score (nSPS) is 10.2. The molecule has 4 heteroatoms. The number of carbonyl (C=O) groups is 1. The quantitative estimate of drug-likeness (QED) is 0.841. The maximum Gasteiger partial charge on any atom is 0.224 e. The van der Waals surface area contributed by atoms with Crippen molar-refractivity contribution in [2.24, 2.45) is 0 Å². The Balaban J connectivity index is 2.46. The molecule has 1 aromatic carbocycles. The van der Waals surface area contributed by atoms with Gasteiger partial charge in [-0.25, -0.2) is 0 Å². The van der Waals surface area contributed by atoms with E-state index in [-0.39, 0.29) is 5.91 Å². The SMILES string of the molecule is COCCNC(=O)Cc1ccc(Br)c(C)c1. The molecule has 0 aliphatic heterocycles. The van der Waals surface area contributed by atoms with E-state index in [4.69, 9.17) is 4.74 Å². The molecule has 1 aromatic rings. The summed E-state index contributed by atoms with van der Waals surface area (Å²) < 4.78 is 5.92. The molecule has 0 fully saturated rings. The summed E-state index contributed by atoms with van der Waals surface area (Å²) in [7, 11) is 1.62. The van der Waals surface area contributed by atoms with E-state index < -0.39 is 0 Å². The standard InChI is InChI=1S/C12H16BrNO2/c1-9-7-10(3-4-11(9)13)8-12(15)14-5-6-16-2/h3-4,7H,5-6,8H2,1-2H3,(H,14,15). The van der Waals surface area contributed by atoms with Crippen LogP contribution in [0.3, 0.4) is 0 Å². The average molecular weight is 286 g/mol. The third-order valence-electron chi connectivity index (χ3n) is 2.22. The molecule has 3 nitrogen and oxygen atoms in total. The molecule has 0 aromatic heterocycles. The monoisotopic (exact) mass is 285 g/mol. The van der Waals surface area contributed by atoms with Crippen molar-refractivity contribution in [3.63, 3.8) is 0 Å². The minimum atomic E-state index is 0.0266. The molecule has 0 saturated heterocycles. The lowest BCUT2D eigenvalue weighted by molar-refractivity contribution is -0.120. The van der Waals surface area contributed by atoms with Crippen LogP contribution in [0.25, 0.3) is 0 Å². The second kappa shape index (κ2) is 6.66. The topological polar surface area (TPSA) is 38.3 Å². The van der Waals surface area contributed by atoms with Gasteiger partial charge in [-0.05, 0) is 24.1 Å². The fourth-order valence-electron chi connectivity index (χ4n) is 1.36. The molecule has 0 atom stereocenters. The van der Waals surface area contributed by atoms with Crippen LogP contribution in [0, 0.1) is 6.92 Å². The summed E-state index contributed by atoms with van der Waals surface area (Å²) in [6.07, 6.45) is 0.415. The highest BCUT2D eigenvalue weighted by Crippen LogP contribution is 2.17. The Morgan fingerprint density at radius 2 is 2.25 bits per heavy atom. The number of amides is 1. The maximum absolute atomic E-state index is 11.5. The largest absolute Gasteiger partial charge is 0.383 e. The van der Waals surface area contributed by atoms with Gasteiger partial charge < -0.3 is 10.1 Å². The summed E-state index contributed by atoms with van der Waals surface area (Å²) in [4.78, 5) is 11.5. The van der Waals surface area contributed by atoms with Crippen LogP contribution in [0.4, 0.5) is 0 Å². The predicted octanol–water partition coefficient (Wildman–Crippen LogP) is 2.06. The van der Waals surface area contributed by atoms with Gasteiger partial charge in [0.25, 0.3) is 0 Å². The molecule has 0 spiro atoms. The van der Waals surface area contributed by atoms with E-state index in [9.17, 15) is 4.79 Å². The Bertz CT molecular complexity index is 366. The number of benzene rings is 1. The molecule has 88 valence electrons. The molecule has 0 aliphatic carbocycles. The fraction of sp³-hybridized carbons (Fsp3) is 0.417. The molecule has 0 saturated carbocycles. The number of halogens is 1. The van der Waals surface area contributed by atoms with E-state index in [1.165, 1.54) is 0 Å². The average Bonchev–Trinajstić information content (AvgIpc) is 2.24. The molecule has 1 N–H and O–H groups in total. The van der Waals surface area contributed by atoms with Gasteiger partial charge in [0.15, 0.2) is 0 Å². The lowest BCUT2D eigenvalue weighted by Crippen LogP contribution is -2.28. The predicted molar refractivity (Wildman–Crippen MR) is 67.5 cm³/mol. The van der Waals surface area contributed by atoms with Crippen LogP contribution in [0.15, 0.2) is 22.7 Å². The van der Waals surface area contributed by atoms with Gasteiger partial charge >= 0.3 is 0 Å². The van der Waals surface area contributed by atoms with Crippen molar-refractivity contribution < 1.29 is 9.53 Å². The molecule has 0 radical (unpaired) electrons. The van der Waals surface area contributed by atoms with Crippen LogP contribution in [0.1, 0.15) is 11.1 Å². The van der Waals surface area contributed by atoms with Crippen molar-refractivity contribution in [2.75, 3.05) is 20.3 Å². The first kappa shape index (κ1) is 13.2. The van der Waals surface area contributed by atoms with Gasteiger partial charge in [-0.2, -0.15) is 0 Å². The zero-order valence-electron chi connectivity index (χ0n) is 9.55. The van der Waals surface area contributed by atoms with Gasteiger partial charge in [0.1, 0.15) is 0 Å². The third kappa shape index (κ3) is 4.33. The minimum absolute atomic E-state index is 0.0266. The summed E-state index contributed by atoms with van der Waals surface area (Å²) in [5, 5.41) is 2.79. The molecular weight excluding hydrogens is 270 g/mol.